The van der Waals surface area contributed by atoms with Gasteiger partial charge in [0.1, 0.15) is 0 Å². The Morgan fingerprint density at radius 2 is 2.08 bits per heavy atom. The smallest absolute Gasteiger partial charge is 0.310 e. The summed E-state index contributed by atoms with van der Waals surface area (Å²) in [6.45, 7) is 5.37. The lowest BCUT2D eigenvalue weighted by Gasteiger charge is -2.21. The molecule has 1 aromatic rings. The molecule has 0 amide bonds. The van der Waals surface area contributed by atoms with E-state index in [1.165, 1.54) is 7.11 Å². The lowest BCUT2D eigenvalue weighted by atomic mass is 9.99. The van der Waals surface area contributed by atoms with E-state index >= 15 is 0 Å². The number of carbonyl (C=O) groups excluding carboxylic acids is 1. The fraction of sp³-hybridized carbons (Fsp3) is 0.556. The van der Waals surface area contributed by atoms with Crippen LogP contribution in [0.4, 0.5) is 0 Å². The number of likely N-dealkylation sites (tertiary alicyclic amines) is 1. The van der Waals surface area contributed by atoms with E-state index in [-0.39, 0.29) is 17.8 Å². The van der Waals surface area contributed by atoms with Crippen molar-refractivity contribution in [3.8, 4) is 0 Å². The zero-order chi connectivity index (χ0) is 17.4. The summed E-state index contributed by atoms with van der Waals surface area (Å²) in [5.41, 5.74) is 1.16. The van der Waals surface area contributed by atoms with Crippen LogP contribution in [-0.4, -0.2) is 57.2 Å². The second-order valence-electron chi connectivity index (χ2n) is 6.02. The molecule has 1 N–H and O–H groups in total. The van der Waals surface area contributed by atoms with E-state index in [4.69, 9.17) is 9.47 Å². The number of aliphatic imine (C=N–C) groups is 1. The van der Waals surface area contributed by atoms with Gasteiger partial charge in [-0.1, -0.05) is 37.3 Å². The first-order valence-corrected chi connectivity index (χ1v) is 8.30. The normalized spacial score (nSPS) is 21.0. The largest absolute Gasteiger partial charge is 0.469 e. The van der Waals surface area contributed by atoms with E-state index < -0.39 is 0 Å². The number of ether oxygens (including phenoxy) is 2. The van der Waals surface area contributed by atoms with Crippen LogP contribution in [0.2, 0.25) is 0 Å². The Kier molecular flexibility index (Phi) is 7.06. The first kappa shape index (κ1) is 18.3. The van der Waals surface area contributed by atoms with Gasteiger partial charge in [0.05, 0.1) is 26.2 Å². The summed E-state index contributed by atoms with van der Waals surface area (Å²) < 4.78 is 10.5. The zero-order valence-electron chi connectivity index (χ0n) is 14.7. The van der Waals surface area contributed by atoms with Crippen molar-refractivity contribution in [2.24, 2.45) is 16.8 Å². The molecule has 132 valence electrons. The second-order valence-corrected chi connectivity index (χ2v) is 6.02. The van der Waals surface area contributed by atoms with Crippen LogP contribution in [0.1, 0.15) is 12.5 Å². The molecular formula is C18H27N3O3. The van der Waals surface area contributed by atoms with Gasteiger partial charge in [0.15, 0.2) is 5.96 Å². The van der Waals surface area contributed by atoms with E-state index in [0.29, 0.717) is 26.3 Å². The number of benzene rings is 1. The number of nitrogens with zero attached hydrogens (tertiary/aromatic N) is 2. The summed E-state index contributed by atoms with van der Waals surface area (Å²) in [4.78, 5) is 18.2. The molecule has 6 nitrogen and oxygen atoms in total. The maximum atomic E-state index is 11.8. The molecule has 0 saturated carbocycles. The van der Waals surface area contributed by atoms with Gasteiger partial charge in [-0.2, -0.15) is 0 Å². The number of esters is 1. The molecule has 0 aliphatic carbocycles. The third-order valence-electron chi connectivity index (χ3n) is 4.27. The summed E-state index contributed by atoms with van der Waals surface area (Å²) in [5.74, 6) is 0.816. The molecule has 24 heavy (non-hydrogen) atoms. The average Bonchev–Trinajstić information content (AvgIpc) is 3.00. The number of carbonyl (C=O) groups is 1. The maximum absolute atomic E-state index is 11.8. The molecule has 0 radical (unpaired) electrons. The number of hydrogen-bond acceptors (Lipinski definition) is 4. The SMILES string of the molecule is CN=C(NCCOCc1ccccc1)N1CC(C)C(C(=O)OC)C1. The monoisotopic (exact) mass is 333 g/mol. The molecule has 1 aliphatic rings. The van der Waals surface area contributed by atoms with Gasteiger partial charge < -0.3 is 19.7 Å². The Morgan fingerprint density at radius 3 is 2.75 bits per heavy atom. The minimum absolute atomic E-state index is 0.0946. The van der Waals surface area contributed by atoms with Gasteiger partial charge in [0, 0.05) is 26.7 Å². The minimum atomic E-state index is -0.147. The van der Waals surface area contributed by atoms with Gasteiger partial charge in [0.25, 0.3) is 0 Å². The van der Waals surface area contributed by atoms with E-state index in [1.54, 1.807) is 7.05 Å². The van der Waals surface area contributed by atoms with Crippen LogP contribution in [0, 0.1) is 11.8 Å². The van der Waals surface area contributed by atoms with E-state index in [9.17, 15) is 4.79 Å². The quantitative estimate of drug-likeness (QED) is 0.370. The first-order valence-electron chi connectivity index (χ1n) is 8.30. The first-order chi connectivity index (χ1) is 11.7. The fourth-order valence-electron chi connectivity index (χ4n) is 2.93. The predicted molar refractivity (Wildman–Crippen MR) is 93.7 cm³/mol. The van der Waals surface area contributed by atoms with Crippen molar-refractivity contribution in [2.45, 2.75) is 13.5 Å². The van der Waals surface area contributed by atoms with Crippen molar-refractivity contribution >= 4 is 11.9 Å². The Labute approximate surface area is 143 Å². The third-order valence-corrected chi connectivity index (χ3v) is 4.27. The highest BCUT2D eigenvalue weighted by Gasteiger charge is 2.36. The van der Waals surface area contributed by atoms with Crippen molar-refractivity contribution in [3.63, 3.8) is 0 Å². The topological polar surface area (TPSA) is 63.2 Å². The highest BCUT2D eigenvalue weighted by atomic mass is 16.5. The van der Waals surface area contributed by atoms with Crippen LogP contribution in [0.5, 0.6) is 0 Å². The van der Waals surface area contributed by atoms with Gasteiger partial charge in [0.2, 0.25) is 0 Å². The average molecular weight is 333 g/mol. The summed E-state index contributed by atoms with van der Waals surface area (Å²) in [6.07, 6.45) is 0. The van der Waals surface area contributed by atoms with Gasteiger partial charge in [-0.05, 0) is 11.5 Å². The van der Waals surface area contributed by atoms with Gasteiger partial charge in [-0.25, -0.2) is 0 Å². The Balaban J connectivity index is 1.72. The third kappa shape index (κ3) is 4.96. The van der Waals surface area contributed by atoms with Crippen LogP contribution >= 0.6 is 0 Å². The van der Waals surface area contributed by atoms with Gasteiger partial charge in [-0.15, -0.1) is 0 Å². The molecule has 1 saturated heterocycles. The predicted octanol–water partition coefficient (Wildman–Crippen LogP) is 1.52. The lowest BCUT2D eigenvalue weighted by Crippen LogP contribution is -2.41. The van der Waals surface area contributed by atoms with Crippen LogP contribution in [-0.2, 0) is 20.9 Å². The summed E-state index contributed by atoms with van der Waals surface area (Å²) in [6, 6.07) is 10.1. The maximum Gasteiger partial charge on any atom is 0.310 e. The molecule has 2 unspecified atom stereocenters. The number of methoxy groups -OCH3 is 1. The van der Waals surface area contributed by atoms with E-state index in [2.05, 4.69) is 22.1 Å². The van der Waals surface area contributed by atoms with Gasteiger partial charge in [-0.3, -0.25) is 9.79 Å². The van der Waals surface area contributed by atoms with E-state index in [1.807, 2.05) is 30.3 Å². The number of guanidine groups is 1. The second kappa shape index (κ2) is 9.27. The summed E-state index contributed by atoms with van der Waals surface area (Å²) in [7, 11) is 3.19. The molecular weight excluding hydrogens is 306 g/mol. The number of hydrogen-bond donors (Lipinski definition) is 1. The summed E-state index contributed by atoms with van der Waals surface area (Å²) >= 11 is 0. The van der Waals surface area contributed by atoms with Crippen LogP contribution < -0.4 is 5.32 Å². The number of rotatable bonds is 6. The van der Waals surface area contributed by atoms with Gasteiger partial charge >= 0.3 is 5.97 Å². The highest BCUT2D eigenvalue weighted by molar-refractivity contribution is 5.82. The Bertz CT molecular complexity index is 548. The molecule has 1 heterocycles. The number of nitrogens with one attached hydrogen (secondary N) is 1. The zero-order valence-corrected chi connectivity index (χ0v) is 14.7. The van der Waals surface area contributed by atoms with E-state index in [0.717, 1.165) is 18.1 Å². The molecule has 1 fully saturated rings. The Hall–Kier alpha value is -2.08. The Morgan fingerprint density at radius 1 is 1.33 bits per heavy atom. The molecule has 6 heteroatoms. The molecule has 2 atom stereocenters. The molecule has 0 bridgehead atoms. The van der Waals surface area contributed by atoms with Crippen LogP contribution in [0.3, 0.4) is 0 Å². The molecule has 0 aromatic heterocycles. The van der Waals surface area contributed by atoms with Crippen molar-refractivity contribution in [2.75, 3.05) is 40.4 Å². The minimum Gasteiger partial charge on any atom is -0.469 e. The standard InChI is InChI=1S/C18H27N3O3/c1-14-11-21(12-16(14)17(22)23-3)18(19-2)20-9-10-24-13-15-7-5-4-6-8-15/h4-8,14,16H,9-13H2,1-3H3,(H,19,20). The van der Waals surface area contributed by atoms with Crippen LogP contribution in [0.25, 0.3) is 0 Å². The molecule has 0 spiro atoms. The highest BCUT2D eigenvalue weighted by Crippen LogP contribution is 2.23. The van der Waals surface area contributed by atoms with Crippen LogP contribution in [0.15, 0.2) is 35.3 Å². The molecule has 1 aromatic carbocycles. The molecule has 2 rings (SSSR count). The van der Waals surface area contributed by atoms with Crippen molar-refractivity contribution in [1.29, 1.82) is 0 Å². The molecule has 1 aliphatic heterocycles. The van der Waals surface area contributed by atoms with Crippen molar-refractivity contribution < 1.29 is 14.3 Å². The van der Waals surface area contributed by atoms with Crippen molar-refractivity contribution in [1.82, 2.24) is 10.2 Å². The van der Waals surface area contributed by atoms with Crippen molar-refractivity contribution in [3.05, 3.63) is 35.9 Å². The summed E-state index contributed by atoms with van der Waals surface area (Å²) in [5, 5.41) is 3.29. The fourth-order valence-corrected chi connectivity index (χ4v) is 2.93. The lowest BCUT2D eigenvalue weighted by molar-refractivity contribution is -0.145.